The molecule has 2 aliphatic carbocycles. The standard InChI is InChI=1S/C18H25NO/c19-12-13-4-8-16(9-5-13)18(20)11-14-6-7-15-2-1-3-17(15)10-14/h6-7,10,13,16H,1-5,8-9,11-12,19H2. The van der Waals surface area contributed by atoms with Crippen LogP contribution in [0.5, 0.6) is 0 Å². The fraction of sp³-hybridized carbons (Fsp3) is 0.611. The number of Topliss-reactive ketones (excluding diaryl/α,β-unsaturated/α-hetero) is 1. The van der Waals surface area contributed by atoms with E-state index in [9.17, 15) is 4.79 Å². The highest BCUT2D eigenvalue weighted by atomic mass is 16.1. The van der Waals surface area contributed by atoms with E-state index in [1.165, 1.54) is 36.0 Å². The summed E-state index contributed by atoms with van der Waals surface area (Å²) in [7, 11) is 0. The molecule has 108 valence electrons. The maximum atomic E-state index is 12.4. The third-order valence-corrected chi connectivity index (χ3v) is 5.18. The predicted octanol–water partition coefficient (Wildman–Crippen LogP) is 3.05. The molecule has 2 heteroatoms. The van der Waals surface area contributed by atoms with Gasteiger partial charge in [0.2, 0.25) is 0 Å². The number of hydrogen-bond acceptors (Lipinski definition) is 2. The van der Waals surface area contributed by atoms with Gasteiger partial charge in [-0.1, -0.05) is 18.2 Å². The van der Waals surface area contributed by atoms with Crippen molar-refractivity contribution in [1.82, 2.24) is 0 Å². The maximum Gasteiger partial charge on any atom is 0.140 e. The third kappa shape index (κ3) is 2.95. The minimum Gasteiger partial charge on any atom is -0.330 e. The summed E-state index contributed by atoms with van der Waals surface area (Å²) in [6.07, 6.45) is 8.68. The average Bonchev–Trinajstić information content (AvgIpc) is 2.95. The molecule has 1 saturated carbocycles. The minimum atomic E-state index is 0.283. The molecule has 2 aliphatic rings. The summed E-state index contributed by atoms with van der Waals surface area (Å²) in [5.41, 5.74) is 9.90. The van der Waals surface area contributed by atoms with Gasteiger partial charge < -0.3 is 5.73 Å². The van der Waals surface area contributed by atoms with Crippen LogP contribution in [0.15, 0.2) is 18.2 Å². The molecule has 0 amide bonds. The van der Waals surface area contributed by atoms with Crippen molar-refractivity contribution in [2.75, 3.05) is 6.54 Å². The van der Waals surface area contributed by atoms with E-state index in [1.807, 2.05) is 0 Å². The third-order valence-electron chi connectivity index (χ3n) is 5.18. The van der Waals surface area contributed by atoms with Crippen LogP contribution in [0.2, 0.25) is 0 Å². The maximum absolute atomic E-state index is 12.4. The van der Waals surface area contributed by atoms with Crippen LogP contribution in [0, 0.1) is 11.8 Å². The first kappa shape index (κ1) is 13.8. The van der Waals surface area contributed by atoms with Crippen molar-refractivity contribution in [3.8, 4) is 0 Å². The van der Waals surface area contributed by atoms with E-state index in [2.05, 4.69) is 18.2 Å². The first-order valence-corrected chi connectivity index (χ1v) is 8.09. The lowest BCUT2D eigenvalue weighted by molar-refractivity contribution is -0.123. The quantitative estimate of drug-likeness (QED) is 0.914. The van der Waals surface area contributed by atoms with Crippen LogP contribution in [0.3, 0.4) is 0 Å². The lowest BCUT2D eigenvalue weighted by Gasteiger charge is -2.26. The van der Waals surface area contributed by atoms with Gasteiger partial charge in [0.25, 0.3) is 0 Å². The molecule has 0 aliphatic heterocycles. The summed E-state index contributed by atoms with van der Waals surface area (Å²) in [6.45, 7) is 0.783. The number of ketones is 1. The SMILES string of the molecule is NCC1CCC(C(=O)Cc2ccc3c(c2)CCC3)CC1. The lowest BCUT2D eigenvalue weighted by atomic mass is 9.79. The Bertz CT molecular complexity index is 486. The Labute approximate surface area is 121 Å². The highest BCUT2D eigenvalue weighted by Crippen LogP contribution is 2.30. The largest absolute Gasteiger partial charge is 0.330 e. The van der Waals surface area contributed by atoms with E-state index >= 15 is 0 Å². The summed E-state index contributed by atoms with van der Waals surface area (Å²) in [5, 5.41) is 0. The van der Waals surface area contributed by atoms with Crippen LogP contribution in [0.25, 0.3) is 0 Å². The van der Waals surface area contributed by atoms with Gasteiger partial charge >= 0.3 is 0 Å². The van der Waals surface area contributed by atoms with E-state index in [-0.39, 0.29) is 5.92 Å². The van der Waals surface area contributed by atoms with E-state index in [0.717, 1.165) is 32.2 Å². The van der Waals surface area contributed by atoms with Crippen molar-refractivity contribution in [2.45, 2.75) is 51.4 Å². The molecule has 2 nitrogen and oxygen atoms in total. The van der Waals surface area contributed by atoms with Gasteiger partial charge in [-0.2, -0.15) is 0 Å². The van der Waals surface area contributed by atoms with Crippen LogP contribution in [0.4, 0.5) is 0 Å². The summed E-state index contributed by atoms with van der Waals surface area (Å²) in [5.74, 6) is 1.38. The molecule has 0 saturated heterocycles. The van der Waals surface area contributed by atoms with E-state index < -0.39 is 0 Å². The molecular weight excluding hydrogens is 246 g/mol. The first-order chi connectivity index (χ1) is 9.76. The van der Waals surface area contributed by atoms with Gasteiger partial charge in [-0.15, -0.1) is 0 Å². The van der Waals surface area contributed by atoms with Gasteiger partial charge in [0.1, 0.15) is 5.78 Å². The summed E-state index contributed by atoms with van der Waals surface area (Å²) < 4.78 is 0. The molecule has 0 unspecified atom stereocenters. The van der Waals surface area contributed by atoms with Gasteiger partial charge in [0, 0.05) is 12.3 Å². The molecule has 0 atom stereocenters. The molecule has 20 heavy (non-hydrogen) atoms. The van der Waals surface area contributed by atoms with Crippen LogP contribution in [0.1, 0.15) is 48.8 Å². The van der Waals surface area contributed by atoms with Gasteiger partial charge in [0.05, 0.1) is 0 Å². The summed E-state index contributed by atoms with van der Waals surface area (Å²) >= 11 is 0. The Morgan fingerprint density at radius 2 is 1.85 bits per heavy atom. The fourth-order valence-electron chi connectivity index (χ4n) is 3.80. The Morgan fingerprint density at radius 1 is 1.10 bits per heavy atom. The lowest BCUT2D eigenvalue weighted by Crippen LogP contribution is -2.26. The van der Waals surface area contributed by atoms with Crippen molar-refractivity contribution in [3.63, 3.8) is 0 Å². The summed E-state index contributed by atoms with van der Waals surface area (Å²) in [6, 6.07) is 6.66. The van der Waals surface area contributed by atoms with Gasteiger partial charge in [-0.25, -0.2) is 0 Å². The van der Waals surface area contributed by atoms with Crippen molar-refractivity contribution in [3.05, 3.63) is 34.9 Å². The van der Waals surface area contributed by atoms with Gasteiger partial charge in [-0.05, 0) is 74.1 Å². The number of benzene rings is 1. The second-order valence-corrected chi connectivity index (χ2v) is 6.55. The van der Waals surface area contributed by atoms with Crippen LogP contribution in [-0.2, 0) is 24.1 Å². The van der Waals surface area contributed by atoms with Crippen molar-refractivity contribution >= 4 is 5.78 Å². The number of fused-ring (bicyclic) bond motifs is 1. The topological polar surface area (TPSA) is 43.1 Å². The van der Waals surface area contributed by atoms with E-state index in [1.54, 1.807) is 0 Å². The average molecular weight is 271 g/mol. The first-order valence-electron chi connectivity index (χ1n) is 8.09. The Morgan fingerprint density at radius 3 is 2.60 bits per heavy atom. The number of hydrogen-bond donors (Lipinski definition) is 1. The number of aryl methyl sites for hydroxylation is 2. The number of nitrogens with two attached hydrogens (primary N) is 1. The zero-order valence-electron chi connectivity index (χ0n) is 12.2. The smallest absolute Gasteiger partial charge is 0.140 e. The molecule has 1 aromatic carbocycles. The molecule has 1 aromatic rings. The second-order valence-electron chi connectivity index (χ2n) is 6.55. The molecule has 2 N–H and O–H groups in total. The predicted molar refractivity (Wildman–Crippen MR) is 81.7 cm³/mol. The van der Waals surface area contributed by atoms with Crippen molar-refractivity contribution in [1.29, 1.82) is 0 Å². The molecule has 3 rings (SSSR count). The van der Waals surface area contributed by atoms with Crippen LogP contribution < -0.4 is 5.73 Å². The number of carbonyl (C=O) groups is 1. The highest BCUT2D eigenvalue weighted by molar-refractivity contribution is 5.83. The minimum absolute atomic E-state index is 0.283. The van der Waals surface area contributed by atoms with Gasteiger partial charge in [0.15, 0.2) is 0 Å². The van der Waals surface area contributed by atoms with E-state index in [0.29, 0.717) is 18.1 Å². The zero-order chi connectivity index (χ0) is 13.9. The van der Waals surface area contributed by atoms with Crippen molar-refractivity contribution in [2.24, 2.45) is 17.6 Å². The molecule has 0 aromatic heterocycles. The Hall–Kier alpha value is -1.15. The van der Waals surface area contributed by atoms with E-state index in [4.69, 9.17) is 5.73 Å². The summed E-state index contributed by atoms with van der Waals surface area (Å²) in [4.78, 5) is 12.4. The monoisotopic (exact) mass is 271 g/mol. The zero-order valence-corrected chi connectivity index (χ0v) is 12.2. The molecule has 0 heterocycles. The van der Waals surface area contributed by atoms with Gasteiger partial charge in [-0.3, -0.25) is 4.79 Å². The highest BCUT2D eigenvalue weighted by Gasteiger charge is 2.25. The fourth-order valence-corrected chi connectivity index (χ4v) is 3.80. The number of rotatable bonds is 4. The normalized spacial score (nSPS) is 25.4. The number of carbonyl (C=O) groups excluding carboxylic acids is 1. The second kappa shape index (κ2) is 6.09. The molecular formula is C18H25NO. The van der Waals surface area contributed by atoms with Crippen LogP contribution >= 0.6 is 0 Å². The Balaban J connectivity index is 1.59. The molecule has 0 radical (unpaired) electrons. The molecule has 0 bridgehead atoms. The van der Waals surface area contributed by atoms with Crippen molar-refractivity contribution < 1.29 is 4.79 Å². The van der Waals surface area contributed by atoms with Crippen LogP contribution in [-0.4, -0.2) is 12.3 Å². The molecule has 1 fully saturated rings. The molecule has 0 spiro atoms. The Kier molecular flexibility index (Phi) is 4.21.